The van der Waals surface area contributed by atoms with Gasteiger partial charge in [-0.2, -0.15) is 0 Å². The molecule has 3 heterocycles. The van der Waals surface area contributed by atoms with Crippen LogP contribution < -0.4 is 10.6 Å². The van der Waals surface area contributed by atoms with Crippen LogP contribution >= 0.6 is 0 Å². The standard InChI is InChI=1S/C30H24FN5O2/c1-32-29(38)25-26(18-8-10-21(31)11-9-18)35-23-13-12-22(34-27(23)25)19-5-4-6-20(17-19)28(37)36-30(14-15-30)24-7-2-3-16-33-24/h2-13,16-17,35H,14-15H2,1H3,(H,32,38)(H,36,37). The lowest BCUT2D eigenvalue weighted by molar-refractivity contribution is 0.0928. The van der Waals surface area contributed by atoms with Gasteiger partial charge in [-0.15, -0.1) is 0 Å². The number of aromatic nitrogens is 3. The van der Waals surface area contributed by atoms with Gasteiger partial charge in [0, 0.05) is 24.4 Å². The van der Waals surface area contributed by atoms with Crippen LogP contribution in [0.4, 0.5) is 4.39 Å². The number of pyridine rings is 2. The van der Waals surface area contributed by atoms with E-state index in [-0.39, 0.29) is 17.6 Å². The monoisotopic (exact) mass is 505 g/mol. The molecule has 0 saturated heterocycles. The first-order chi connectivity index (χ1) is 18.5. The Kier molecular flexibility index (Phi) is 5.72. The maximum Gasteiger partial charge on any atom is 0.255 e. The van der Waals surface area contributed by atoms with Gasteiger partial charge in [0.1, 0.15) is 11.3 Å². The molecule has 3 N–H and O–H groups in total. The molecule has 5 aromatic rings. The van der Waals surface area contributed by atoms with Gasteiger partial charge >= 0.3 is 0 Å². The van der Waals surface area contributed by atoms with E-state index < -0.39 is 5.54 Å². The number of rotatable bonds is 6. The van der Waals surface area contributed by atoms with Crippen LogP contribution in [-0.4, -0.2) is 33.8 Å². The number of carbonyl (C=O) groups is 2. The minimum absolute atomic E-state index is 0.178. The first-order valence-electron chi connectivity index (χ1n) is 12.3. The maximum absolute atomic E-state index is 13.5. The smallest absolute Gasteiger partial charge is 0.255 e. The van der Waals surface area contributed by atoms with Gasteiger partial charge in [-0.1, -0.05) is 18.2 Å². The summed E-state index contributed by atoms with van der Waals surface area (Å²) in [6, 6.07) is 22.6. The summed E-state index contributed by atoms with van der Waals surface area (Å²) in [5, 5.41) is 5.83. The summed E-state index contributed by atoms with van der Waals surface area (Å²) in [5.74, 6) is -0.844. The summed E-state index contributed by atoms with van der Waals surface area (Å²) < 4.78 is 13.5. The fourth-order valence-electron chi connectivity index (χ4n) is 4.73. The van der Waals surface area contributed by atoms with Crippen LogP contribution in [-0.2, 0) is 5.54 Å². The van der Waals surface area contributed by atoms with Crippen molar-refractivity contribution in [3.05, 3.63) is 108 Å². The number of carbonyl (C=O) groups excluding carboxylic acids is 2. The molecule has 7 nitrogen and oxygen atoms in total. The van der Waals surface area contributed by atoms with E-state index in [0.717, 1.165) is 24.1 Å². The molecule has 1 aliphatic rings. The Morgan fingerprint density at radius 2 is 1.74 bits per heavy atom. The molecule has 1 saturated carbocycles. The summed E-state index contributed by atoms with van der Waals surface area (Å²) in [7, 11) is 1.55. The Morgan fingerprint density at radius 3 is 2.45 bits per heavy atom. The van der Waals surface area contributed by atoms with E-state index in [1.165, 1.54) is 12.1 Å². The third kappa shape index (κ3) is 4.20. The molecule has 0 spiro atoms. The van der Waals surface area contributed by atoms with Crippen molar-refractivity contribution in [1.82, 2.24) is 25.6 Å². The van der Waals surface area contributed by atoms with Crippen molar-refractivity contribution in [3.8, 4) is 22.5 Å². The number of hydrogen-bond donors (Lipinski definition) is 3. The normalized spacial score (nSPS) is 13.7. The second-order valence-electron chi connectivity index (χ2n) is 9.39. The van der Waals surface area contributed by atoms with Crippen LogP contribution in [0.3, 0.4) is 0 Å². The second-order valence-corrected chi connectivity index (χ2v) is 9.39. The molecular weight excluding hydrogens is 481 g/mol. The molecule has 38 heavy (non-hydrogen) atoms. The maximum atomic E-state index is 13.5. The second kappa shape index (κ2) is 9.23. The predicted octanol–water partition coefficient (Wildman–Crippen LogP) is 5.21. The van der Waals surface area contributed by atoms with Gasteiger partial charge < -0.3 is 15.6 Å². The van der Waals surface area contributed by atoms with Crippen molar-refractivity contribution in [3.63, 3.8) is 0 Å². The van der Waals surface area contributed by atoms with Crippen molar-refractivity contribution in [1.29, 1.82) is 0 Å². The summed E-state index contributed by atoms with van der Waals surface area (Å²) in [6.45, 7) is 0. The zero-order valence-corrected chi connectivity index (χ0v) is 20.6. The van der Waals surface area contributed by atoms with Gasteiger partial charge in [0.15, 0.2) is 0 Å². The largest absolute Gasteiger partial charge is 0.355 e. The lowest BCUT2D eigenvalue weighted by atomic mass is 10.0. The quantitative estimate of drug-likeness (QED) is 0.295. The van der Waals surface area contributed by atoms with Crippen LogP contribution in [0.15, 0.2) is 85.1 Å². The highest BCUT2D eigenvalue weighted by Crippen LogP contribution is 2.44. The molecule has 188 valence electrons. The summed E-state index contributed by atoms with van der Waals surface area (Å²) in [4.78, 5) is 38.6. The van der Waals surface area contributed by atoms with Crippen molar-refractivity contribution in [2.75, 3.05) is 7.05 Å². The molecule has 8 heteroatoms. The Hall–Kier alpha value is -4.85. The molecular formula is C30H24FN5O2. The van der Waals surface area contributed by atoms with Crippen molar-refractivity contribution >= 4 is 22.8 Å². The molecule has 2 amide bonds. The van der Waals surface area contributed by atoms with E-state index in [2.05, 4.69) is 20.6 Å². The van der Waals surface area contributed by atoms with Crippen LogP contribution in [0.25, 0.3) is 33.5 Å². The number of aromatic amines is 1. The Morgan fingerprint density at radius 1 is 0.921 bits per heavy atom. The number of hydrogen-bond acceptors (Lipinski definition) is 4. The van der Waals surface area contributed by atoms with E-state index in [1.54, 1.807) is 37.5 Å². The number of amides is 2. The molecule has 0 radical (unpaired) electrons. The van der Waals surface area contributed by atoms with Crippen LogP contribution in [0.2, 0.25) is 0 Å². The van der Waals surface area contributed by atoms with E-state index in [1.807, 2.05) is 42.5 Å². The topological polar surface area (TPSA) is 99.8 Å². The van der Waals surface area contributed by atoms with Gasteiger partial charge in [-0.25, -0.2) is 9.37 Å². The molecule has 2 aromatic carbocycles. The summed E-state index contributed by atoms with van der Waals surface area (Å²) >= 11 is 0. The zero-order valence-electron chi connectivity index (χ0n) is 20.6. The fourth-order valence-corrected chi connectivity index (χ4v) is 4.73. The molecule has 1 fully saturated rings. The van der Waals surface area contributed by atoms with Crippen molar-refractivity contribution < 1.29 is 14.0 Å². The first-order valence-corrected chi connectivity index (χ1v) is 12.3. The molecule has 0 bridgehead atoms. The molecule has 3 aromatic heterocycles. The number of H-pyrrole nitrogens is 1. The lowest BCUT2D eigenvalue weighted by Gasteiger charge is -2.17. The molecule has 0 aliphatic heterocycles. The van der Waals surface area contributed by atoms with Crippen molar-refractivity contribution in [2.24, 2.45) is 0 Å². The zero-order chi connectivity index (χ0) is 26.3. The minimum atomic E-state index is -0.421. The average molecular weight is 506 g/mol. The Labute approximate surface area is 218 Å². The van der Waals surface area contributed by atoms with Gasteiger partial charge in [0.2, 0.25) is 0 Å². The highest BCUT2D eigenvalue weighted by Gasteiger charge is 2.47. The molecule has 1 aliphatic carbocycles. The Balaban J connectivity index is 1.35. The number of benzene rings is 2. The third-order valence-electron chi connectivity index (χ3n) is 6.91. The van der Waals surface area contributed by atoms with E-state index in [0.29, 0.717) is 39.1 Å². The highest BCUT2D eigenvalue weighted by molar-refractivity contribution is 6.11. The van der Waals surface area contributed by atoms with Gasteiger partial charge in [-0.3, -0.25) is 14.6 Å². The summed E-state index contributed by atoms with van der Waals surface area (Å²) in [6.07, 6.45) is 3.43. The number of halogens is 1. The summed E-state index contributed by atoms with van der Waals surface area (Å²) in [5.41, 5.74) is 5.08. The number of nitrogens with one attached hydrogen (secondary N) is 3. The molecule has 0 atom stereocenters. The fraction of sp³-hybridized carbons (Fsp3) is 0.133. The lowest BCUT2D eigenvalue weighted by Crippen LogP contribution is -2.35. The van der Waals surface area contributed by atoms with Gasteiger partial charge in [0.05, 0.1) is 33.7 Å². The third-order valence-corrected chi connectivity index (χ3v) is 6.91. The highest BCUT2D eigenvalue weighted by atomic mass is 19.1. The molecule has 6 rings (SSSR count). The van der Waals surface area contributed by atoms with Crippen molar-refractivity contribution in [2.45, 2.75) is 18.4 Å². The minimum Gasteiger partial charge on any atom is -0.355 e. The first kappa shape index (κ1) is 23.5. The van der Waals surface area contributed by atoms with Crippen LogP contribution in [0, 0.1) is 5.82 Å². The van der Waals surface area contributed by atoms with E-state index >= 15 is 0 Å². The van der Waals surface area contributed by atoms with Crippen LogP contribution in [0.5, 0.6) is 0 Å². The predicted molar refractivity (Wildman–Crippen MR) is 143 cm³/mol. The van der Waals surface area contributed by atoms with Crippen LogP contribution in [0.1, 0.15) is 39.3 Å². The van der Waals surface area contributed by atoms with E-state index in [9.17, 15) is 14.0 Å². The van der Waals surface area contributed by atoms with Gasteiger partial charge in [0.25, 0.3) is 11.8 Å². The van der Waals surface area contributed by atoms with E-state index in [4.69, 9.17) is 4.98 Å². The number of fused-ring (bicyclic) bond motifs is 1. The SMILES string of the molecule is CNC(=O)c1c(-c2ccc(F)cc2)[nH]c2ccc(-c3cccc(C(=O)NC4(c5ccccn5)CC4)c3)nc12. The Bertz CT molecular complexity index is 1670. The molecule has 0 unspecified atom stereocenters. The average Bonchev–Trinajstić information content (AvgIpc) is 3.64. The number of nitrogens with zero attached hydrogens (tertiary/aromatic N) is 2. The van der Waals surface area contributed by atoms with Gasteiger partial charge in [-0.05, 0) is 79.1 Å².